The summed E-state index contributed by atoms with van der Waals surface area (Å²) < 4.78 is 5.60. The van der Waals surface area contributed by atoms with Gasteiger partial charge in [0.2, 0.25) is 0 Å². The molecule has 0 saturated carbocycles. The maximum absolute atomic E-state index is 12.7. The average Bonchev–Trinajstić information content (AvgIpc) is 3.30. The van der Waals surface area contributed by atoms with Crippen molar-refractivity contribution >= 4 is 23.3 Å². The summed E-state index contributed by atoms with van der Waals surface area (Å²) in [5.74, 6) is -0.858. The molecular formula is C20H24N2O4S. The number of carboxylic acid groups (broad SMARTS) is 1. The molecule has 1 aliphatic rings. The molecule has 0 radical (unpaired) electrons. The number of rotatable bonds is 8. The van der Waals surface area contributed by atoms with E-state index in [4.69, 9.17) is 9.84 Å². The number of thiophene rings is 1. The second-order valence-corrected chi connectivity index (χ2v) is 8.01. The third kappa shape index (κ3) is 5.38. The molecule has 7 heteroatoms. The van der Waals surface area contributed by atoms with Gasteiger partial charge < -0.3 is 14.7 Å². The highest BCUT2D eigenvalue weighted by Crippen LogP contribution is 2.21. The zero-order valence-electron chi connectivity index (χ0n) is 15.3. The van der Waals surface area contributed by atoms with E-state index in [0.29, 0.717) is 19.1 Å². The summed E-state index contributed by atoms with van der Waals surface area (Å²) in [6.45, 7) is 2.81. The van der Waals surface area contributed by atoms with E-state index in [1.807, 2.05) is 30.3 Å². The van der Waals surface area contributed by atoms with Crippen LogP contribution in [0.1, 0.15) is 32.6 Å². The molecule has 27 heavy (non-hydrogen) atoms. The summed E-state index contributed by atoms with van der Waals surface area (Å²) in [4.78, 5) is 27.1. The number of hydrogen-bond acceptors (Lipinski definition) is 6. The fourth-order valence-corrected chi connectivity index (χ4v) is 4.02. The van der Waals surface area contributed by atoms with Crippen LogP contribution in [0.3, 0.4) is 0 Å². The number of hydrogen-bond donors (Lipinski definition) is 2. The number of aromatic carboxylic acids is 1. The molecule has 0 bridgehead atoms. The Hall–Kier alpha value is -2.22. The lowest BCUT2D eigenvalue weighted by Crippen LogP contribution is -2.31. The Kier molecular flexibility index (Phi) is 6.60. The van der Waals surface area contributed by atoms with E-state index in [0.717, 1.165) is 30.0 Å². The highest BCUT2D eigenvalue weighted by atomic mass is 32.1. The van der Waals surface area contributed by atoms with E-state index in [1.165, 1.54) is 11.3 Å². The number of carboxylic acids is 1. The first-order valence-corrected chi connectivity index (χ1v) is 9.80. The van der Waals surface area contributed by atoms with Crippen molar-refractivity contribution in [3.8, 4) is 0 Å². The molecule has 144 valence electrons. The Labute approximate surface area is 162 Å². The van der Waals surface area contributed by atoms with Gasteiger partial charge in [0, 0.05) is 23.9 Å². The van der Waals surface area contributed by atoms with Gasteiger partial charge in [-0.1, -0.05) is 30.3 Å². The lowest BCUT2D eigenvalue weighted by Gasteiger charge is -2.19. The van der Waals surface area contributed by atoms with Gasteiger partial charge >= 0.3 is 11.9 Å². The number of nitrogens with zero attached hydrogens (tertiary/aromatic N) is 1. The molecule has 2 atom stereocenters. The number of nitrogens with one attached hydrogen (secondary N) is 1. The van der Waals surface area contributed by atoms with Crippen molar-refractivity contribution in [3.05, 3.63) is 57.8 Å². The van der Waals surface area contributed by atoms with Crippen molar-refractivity contribution in [2.75, 3.05) is 26.7 Å². The van der Waals surface area contributed by atoms with Crippen LogP contribution in [0.15, 0.2) is 42.5 Å². The van der Waals surface area contributed by atoms with Gasteiger partial charge in [-0.25, -0.2) is 9.59 Å². The third-order valence-corrected chi connectivity index (χ3v) is 5.74. The Morgan fingerprint density at radius 2 is 2.07 bits per heavy atom. The molecule has 1 unspecified atom stereocenters. The first-order valence-electron chi connectivity index (χ1n) is 8.98. The van der Waals surface area contributed by atoms with Gasteiger partial charge in [0.25, 0.3) is 0 Å². The molecule has 1 aromatic carbocycles. The minimum Gasteiger partial charge on any atom is -0.477 e. The van der Waals surface area contributed by atoms with Gasteiger partial charge in [-0.05, 0) is 37.7 Å². The summed E-state index contributed by atoms with van der Waals surface area (Å²) in [6.07, 6.45) is 1.04. The minimum absolute atomic E-state index is 0.288. The zero-order valence-corrected chi connectivity index (χ0v) is 16.1. The predicted molar refractivity (Wildman–Crippen MR) is 104 cm³/mol. The number of likely N-dealkylation sites (tertiary alicyclic amines) is 1. The maximum Gasteiger partial charge on any atom is 0.345 e. The van der Waals surface area contributed by atoms with Crippen molar-refractivity contribution in [2.24, 2.45) is 5.92 Å². The summed E-state index contributed by atoms with van der Waals surface area (Å²) in [5.41, 5.74) is 0.834. The van der Waals surface area contributed by atoms with Crippen LogP contribution in [0, 0.1) is 5.92 Å². The Morgan fingerprint density at radius 1 is 1.30 bits per heavy atom. The third-order valence-electron chi connectivity index (χ3n) is 4.67. The highest BCUT2D eigenvalue weighted by Gasteiger charge is 2.25. The van der Waals surface area contributed by atoms with Crippen molar-refractivity contribution in [1.29, 1.82) is 0 Å². The van der Waals surface area contributed by atoms with E-state index in [9.17, 15) is 9.59 Å². The number of esters is 1. The van der Waals surface area contributed by atoms with Crippen molar-refractivity contribution < 1.29 is 19.4 Å². The Morgan fingerprint density at radius 3 is 2.70 bits per heavy atom. The molecule has 1 aliphatic heterocycles. The quantitative estimate of drug-likeness (QED) is 0.677. The molecule has 1 saturated heterocycles. The molecule has 2 aromatic rings. The van der Waals surface area contributed by atoms with Gasteiger partial charge in [0.1, 0.15) is 10.9 Å². The molecule has 2 N–H and O–H groups in total. The largest absolute Gasteiger partial charge is 0.477 e. The number of carbonyl (C=O) groups excluding carboxylic acids is 1. The zero-order chi connectivity index (χ0) is 19.2. The monoisotopic (exact) mass is 388 g/mol. The minimum atomic E-state index is -0.938. The molecule has 2 heterocycles. The average molecular weight is 388 g/mol. The van der Waals surface area contributed by atoms with E-state index in [-0.39, 0.29) is 10.8 Å². The molecule has 0 aliphatic carbocycles. The normalized spacial score (nSPS) is 18.3. The van der Waals surface area contributed by atoms with Gasteiger partial charge in [-0.15, -0.1) is 11.3 Å². The lowest BCUT2D eigenvalue weighted by atomic mass is 10.1. The standard InChI is InChI=1S/C20H24N2O4S/c1-22-10-9-14(12-22)13-26-20(25)18(15-5-3-2-4-6-15)21-11-16-7-8-17(27-16)19(23)24/h2-8,14,18,21H,9-13H2,1H3,(H,23,24)/t14-,18?/m1/s1. The highest BCUT2D eigenvalue weighted by molar-refractivity contribution is 7.13. The van der Waals surface area contributed by atoms with E-state index >= 15 is 0 Å². The van der Waals surface area contributed by atoms with Gasteiger partial charge in [-0.2, -0.15) is 0 Å². The topological polar surface area (TPSA) is 78.9 Å². The molecule has 0 amide bonds. The van der Waals surface area contributed by atoms with Crippen molar-refractivity contribution in [1.82, 2.24) is 10.2 Å². The molecule has 1 fully saturated rings. The Balaban J connectivity index is 1.63. The number of ether oxygens (including phenoxy) is 1. The van der Waals surface area contributed by atoms with E-state index in [2.05, 4.69) is 17.3 Å². The molecular weight excluding hydrogens is 364 g/mol. The second kappa shape index (κ2) is 9.12. The maximum atomic E-state index is 12.7. The van der Waals surface area contributed by atoms with Gasteiger partial charge in [0.15, 0.2) is 0 Å². The first-order chi connectivity index (χ1) is 13.0. The summed E-state index contributed by atoms with van der Waals surface area (Å²) in [5, 5.41) is 12.3. The lowest BCUT2D eigenvalue weighted by molar-refractivity contribution is -0.147. The second-order valence-electron chi connectivity index (χ2n) is 6.84. The van der Waals surface area contributed by atoms with Gasteiger partial charge in [0.05, 0.1) is 6.61 Å². The molecule has 0 spiro atoms. The molecule has 6 nitrogen and oxygen atoms in total. The summed E-state index contributed by atoms with van der Waals surface area (Å²) in [7, 11) is 2.07. The Bertz CT molecular complexity index is 777. The van der Waals surface area contributed by atoms with Crippen LogP contribution in [0.4, 0.5) is 0 Å². The van der Waals surface area contributed by atoms with E-state index < -0.39 is 12.0 Å². The van der Waals surface area contributed by atoms with Crippen LogP contribution in [0.25, 0.3) is 0 Å². The van der Waals surface area contributed by atoms with Crippen LogP contribution in [0.2, 0.25) is 0 Å². The summed E-state index contributed by atoms with van der Waals surface area (Å²) >= 11 is 1.20. The van der Waals surface area contributed by atoms with Gasteiger partial charge in [-0.3, -0.25) is 5.32 Å². The van der Waals surface area contributed by atoms with Crippen LogP contribution in [-0.2, 0) is 16.1 Å². The number of carbonyl (C=O) groups is 2. The smallest absolute Gasteiger partial charge is 0.345 e. The van der Waals surface area contributed by atoms with Crippen molar-refractivity contribution in [3.63, 3.8) is 0 Å². The number of benzene rings is 1. The fourth-order valence-electron chi connectivity index (χ4n) is 3.22. The molecule has 1 aromatic heterocycles. The first kappa shape index (κ1) is 19.5. The molecule has 3 rings (SSSR count). The SMILES string of the molecule is CN1CC[C@@H](COC(=O)C(NCc2ccc(C(=O)O)s2)c2ccccc2)C1. The van der Waals surface area contributed by atoms with Crippen LogP contribution >= 0.6 is 11.3 Å². The van der Waals surface area contributed by atoms with Crippen LogP contribution < -0.4 is 5.32 Å². The van der Waals surface area contributed by atoms with Crippen LogP contribution in [0.5, 0.6) is 0 Å². The van der Waals surface area contributed by atoms with E-state index in [1.54, 1.807) is 12.1 Å². The predicted octanol–water partition coefficient (Wildman–Crippen LogP) is 2.77. The summed E-state index contributed by atoms with van der Waals surface area (Å²) in [6, 6.07) is 12.2. The fraction of sp³-hybridized carbons (Fsp3) is 0.400. The van der Waals surface area contributed by atoms with Crippen LogP contribution in [-0.4, -0.2) is 48.7 Å². The van der Waals surface area contributed by atoms with Crippen molar-refractivity contribution in [2.45, 2.75) is 19.0 Å².